The molecular weight excluding hydrogens is 214 g/mol. The average Bonchev–Trinajstić information content (AvgIpc) is 2.18. The first-order valence-corrected chi connectivity index (χ1v) is 6.67. The number of anilines is 1. The molecule has 0 saturated carbocycles. The number of rotatable bonds is 1. The number of thioether (sulfide) groups is 1. The third-order valence-electron chi connectivity index (χ3n) is 2.20. The van der Waals surface area contributed by atoms with E-state index in [2.05, 4.69) is 4.90 Å². The second-order valence-corrected chi connectivity index (χ2v) is 5.83. The molecule has 0 aliphatic carbocycles. The van der Waals surface area contributed by atoms with Crippen molar-refractivity contribution in [3.63, 3.8) is 0 Å². The van der Waals surface area contributed by atoms with Gasteiger partial charge in [0.05, 0.1) is 5.00 Å². The lowest BCUT2D eigenvalue weighted by atomic mass is 10.4. The predicted molar refractivity (Wildman–Crippen MR) is 64.9 cm³/mol. The highest BCUT2D eigenvalue weighted by Crippen LogP contribution is 2.23. The average molecular weight is 227 g/mol. The lowest BCUT2D eigenvalue weighted by Crippen LogP contribution is -2.32. The molecule has 4 heteroatoms. The molecule has 0 atom stereocenters. The molecule has 0 spiro atoms. The molecule has 1 aliphatic rings. The third kappa shape index (κ3) is 2.30. The highest BCUT2D eigenvalue weighted by molar-refractivity contribution is 7.99. The van der Waals surface area contributed by atoms with Crippen molar-refractivity contribution in [1.82, 2.24) is 0 Å². The molecule has 1 aromatic heterocycles. The standard InChI is InChI=1S/C10H13NOS2/c1-8-6-9(12)7-10(14-8)11-2-4-13-5-3-11/h6-7H,2-5H2,1H3. The van der Waals surface area contributed by atoms with Crippen molar-refractivity contribution < 1.29 is 0 Å². The summed E-state index contributed by atoms with van der Waals surface area (Å²) in [4.78, 5) is 14.7. The molecule has 2 nitrogen and oxygen atoms in total. The van der Waals surface area contributed by atoms with Crippen LogP contribution in [0.1, 0.15) is 4.88 Å². The van der Waals surface area contributed by atoms with E-state index in [1.54, 1.807) is 23.5 Å². The molecule has 0 radical (unpaired) electrons. The van der Waals surface area contributed by atoms with Gasteiger partial charge in [-0.15, -0.1) is 11.3 Å². The fourth-order valence-corrected chi connectivity index (χ4v) is 3.42. The van der Waals surface area contributed by atoms with Crippen LogP contribution in [0.2, 0.25) is 0 Å². The van der Waals surface area contributed by atoms with E-state index >= 15 is 0 Å². The lowest BCUT2D eigenvalue weighted by Gasteiger charge is -2.27. The summed E-state index contributed by atoms with van der Waals surface area (Å²) in [6.45, 7) is 4.14. The van der Waals surface area contributed by atoms with Crippen LogP contribution in [-0.4, -0.2) is 24.6 Å². The molecule has 2 heterocycles. The van der Waals surface area contributed by atoms with Gasteiger partial charge in [-0.05, 0) is 13.0 Å². The van der Waals surface area contributed by atoms with Gasteiger partial charge in [0.15, 0.2) is 5.43 Å². The number of hydrogen-bond donors (Lipinski definition) is 0. The maximum atomic E-state index is 11.3. The van der Waals surface area contributed by atoms with Gasteiger partial charge in [-0.3, -0.25) is 4.79 Å². The lowest BCUT2D eigenvalue weighted by molar-refractivity contribution is 0.867. The van der Waals surface area contributed by atoms with Crippen molar-refractivity contribution in [3.05, 3.63) is 27.2 Å². The second kappa shape index (κ2) is 4.36. The van der Waals surface area contributed by atoms with Gasteiger partial charge in [0, 0.05) is 35.5 Å². The Morgan fingerprint density at radius 3 is 2.64 bits per heavy atom. The molecule has 0 unspecified atom stereocenters. The molecule has 1 fully saturated rings. The summed E-state index contributed by atoms with van der Waals surface area (Å²) in [5, 5.41) is 1.13. The Morgan fingerprint density at radius 2 is 2.00 bits per heavy atom. The topological polar surface area (TPSA) is 20.3 Å². The minimum atomic E-state index is 0.134. The van der Waals surface area contributed by atoms with Crippen LogP contribution < -0.4 is 10.3 Å². The normalized spacial score (nSPS) is 17.1. The molecule has 0 amide bonds. The van der Waals surface area contributed by atoms with E-state index < -0.39 is 0 Å². The first-order valence-electron chi connectivity index (χ1n) is 4.70. The number of nitrogens with zero attached hydrogens (tertiary/aromatic N) is 1. The van der Waals surface area contributed by atoms with E-state index in [9.17, 15) is 4.79 Å². The molecule has 0 N–H and O–H groups in total. The zero-order chi connectivity index (χ0) is 9.97. The molecule has 14 heavy (non-hydrogen) atoms. The van der Waals surface area contributed by atoms with Crippen LogP contribution >= 0.6 is 23.1 Å². The van der Waals surface area contributed by atoms with Crippen molar-refractivity contribution in [1.29, 1.82) is 0 Å². The van der Waals surface area contributed by atoms with Gasteiger partial charge in [0.1, 0.15) is 0 Å². The maximum absolute atomic E-state index is 11.3. The minimum Gasteiger partial charge on any atom is -0.362 e. The van der Waals surface area contributed by atoms with Crippen molar-refractivity contribution in [2.24, 2.45) is 0 Å². The Bertz CT molecular complexity index is 369. The fourth-order valence-electron chi connectivity index (χ4n) is 1.53. The van der Waals surface area contributed by atoms with Gasteiger partial charge in [-0.1, -0.05) is 0 Å². The van der Waals surface area contributed by atoms with Crippen LogP contribution in [-0.2, 0) is 0 Å². The highest BCUT2D eigenvalue weighted by atomic mass is 32.2. The van der Waals surface area contributed by atoms with Crippen LogP contribution in [0, 0.1) is 6.92 Å². The molecule has 1 aliphatic heterocycles. The Labute approximate surface area is 91.9 Å². The largest absolute Gasteiger partial charge is 0.362 e. The zero-order valence-electron chi connectivity index (χ0n) is 8.16. The van der Waals surface area contributed by atoms with E-state index in [0.717, 1.165) is 23.0 Å². The van der Waals surface area contributed by atoms with Crippen molar-refractivity contribution in [2.75, 3.05) is 29.5 Å². The Hall–Kier alpha value is -0.480. The van der Waals surface area contributed by atoms with Crippen molar-refractivity contribution in [3.8, 4) is 0 Å². The maximum Gasteiger partial charge on any atom is 0.182 e. The molecule has 0 bridgehead atoms. The third-order valence-corrected chi connectivity index (χ3v) is 4.17. The van der Waals surface area contributed by atoms with E-state index in [4.69, 9.17) is 0 Å². The van der Waals surface area contributed by atoms with E-state index in [-0.39, 0.29) is 5.43 Å². The van der Waals surface area contributed by atoms with Gasteiger partial charge in [0.25, 0.3) is 0 Å². The van der Waals surface area contributed by atoms with Crippen LogP contribution in [0.5, 0.6) is 0 Å². The molecule has 2 rings (SSSR count). The van der Waals surface area contributed by atoms with E-state index in [1.165, 1.54) is 11.5 Å². The van der Waals surface area contributed by atoms with Gasteiger partial charge in [-0.25, -0.2) is 0 Å². The summed E-state index contributed by atoms with van der Waals surface area (Å²) in [7, 11) is 0. The fraction of sp³-hybridized carbons (Fsp3) is 0.500. The van der Waals surface area contributed by atoms with E-state index in [0.29, 0.717) is 0 Å². The molecule has 76 valence electrons. The van der Waals surface area contributed by atoms with Crippen LogP contribution in [0.3, 0.4) is 0 Å². The Morgan fingerprint density at radius 1 is 1.29 bits per heavy atom. The summed E-state index contributed by atoms with van der Waals surface area (Å²) >= 11 is 3.70. The van der Waals surface area contributed by atoms with E-state index in [1.807, 2.05) is 18.7 Å². The molecule has 1 saturated heterocycles. The monoisotopic (exact) mass is 227 g/mol. The van der Waals surface area contributed by atoms with Gasteiger partial charge >= 0.3 is 0 Å². The molecule has 0 aromatic carbocycles. The zero-order valence-corrected chi connectivity index (χ0v) is 9.79. The summed E-state index contributed by atoms with van der Waals surface area (Å²) in [6.07, 6.45) is 0. The van der Waals surface area contributed by atoms with Crippen molar-refractivity contribution in [2.45, 2.75) is 6.92 Å². The van der Waals surface area contributed by atoms with Crippen molar-refractivity contribution >= 4 is 28.1 Å². The minimum absolute atomic E-state index is 0.134. The van der Waals surface area contributed by atoms with Gasteiger partial charge in [0.2, 0.25) is 0 Å². The van der Waals surface area contributed by atoms with Crippen LogP contribution in [0.4, 0.5) is 5.00 Å². The summed E-state index contributed by atoms with van der Waals surface area (Å²) in [5.74, 6) is 2.35. The predicted octanol–water partition coefficient (Wildman–Crippen LogP) is 1.97. The van der Waals surface area contributed by atoms with Crippen LogP contribution in [0.25, 0.3) is 0 Å². The smallest absolute Gasteiger partial charge is 0.182 e. The van der Waals surface area contributed by atoms with Gasteiger partial charge < -0.3 is 4.90 Å². The SMILES string of the molecule is Cc1cc(=O)cc(N2CCSCC2)s1. The number of hydrogen-bond acceptors (Lipinski definition) is 4. The Balaban J connectivity index is 2.26. The molecule has 1 aromatic rings. The highest BCUT2D eigenvalue weighted by Gasteiger charge is 2.12. The second-order valence-electron chi connectivity index (χ2n) is 3.34. The summed E-state index contributed by atoms with van der Waals surface area (Å²) in [6, 6.07) is 3.46. The first kappa shape index (κ1) is 10.1. The quantitative estimate of drug-likeness (QED) is 0.731. The van der Waals surface area contributed by atoms with Gasteiger partial charge in [-0.2, -0.15) is 11.8 Å². The summed E-state index contributed by atoms with van der Waals surface area (Å²) in [5.41, 5.74) is 0.134. The Kier molecular flexibility index (Phi) is 3.13. The molecular formula is C10H13NOS2. The van der Waals surface area contributed by atoms with Crippen LogP contribution in [0.15, 0.2) is 16.9 Å². The summed E-state index contributed by atoms with van der Waals surface area (Å²) < 4.78 is 0. The number of aryl methyl sites for hydroxylation is 1. The first-order chi connectivity index (χ1) is 6.75.